The Morgan fingerprint density at radius 3 is 2.71 bits per heavy atom. The number of para-hydroxylation sites is 1. The van der Waals surface area contributed by atoms with Gasteiger partial charge < -0.3 is 10.5 Å². The minimum Gasteiger partial charge on any atom is -0.487 e. The third-order valence-electron chi connectivity index (χ3n) is 2.88. The highest BCUT2D eigenvalue weighted by Crippen LogP contribution is 2.30. The van der Waals surface area contributed by atoms with Gasteiger partial charge in [0.2, 0.25) is 0 Å². The summed E-state index contributed by atoms with van der Waals surface area (Å²) in [5, 5.41) is 11.3. The summed E-state index contributed by atoms with van der Waals surface area (Å²) in [6.07, 6.45) is 0. The van der Waals surface area contributed by atoms with Crippen molar-refractivity contribution in [1.29, 1.82) is 0 Å². The first-order chi connectivity index (χ1) is 10.0. The van der Waals surface area contributed by atoms with Crippen LogP contribution < -0.4 is 10.5 Å². The fourth-order valence-electron chi connectivity index (χ4n) is 1.87. The minimum atomic E-state index is -0.589. The van der Waals surface area contributed by atoms with Gasteiger partial charge in [0.05, 0.1) is 15.5 Å². The van der Waals surface area contributed by atoms with E-state index in [0.29, 0.717) is 16.3 Å². The number of benzene rings is 2. The molecule has 2 N–H and O–H groups in total. The predicted molar refractivity (Wildman–Crippen MR) is 76.7 cm³/mol. The molecule has 0 aliphatic rings. The van der Waals surface area contributed by atoms with Crippen LogP contribution in [-0.4, -0.2) is 4.92 Å². The molecule has 0 fully saturated rings. The molecule has 0 spiro atoms. The molecule has 0 radical (unpaired) electrons. The second kappa shape index (κ2) is 6.51. The summed E-state index contributed by atoms with van der Waals surface area (Å²) in [6.45, 7) is 0.0337. The van der Waals surface area contributed by atoms with Crippen molar-refractivity contribution in [3.05, 3.63) is 68.5 Å². The molecular formula is C14H12ClFN2O3. The van der Waals surface area contributed by atoms with E-state index < -0.39 is 10.7 Å². The van der Waals surface area contributed by atoms with Crippen LogP contribution in [0.5, 0.6) is 5.75 Å². The van der Waals surface area contributed by atoms with Crippen molar-refractivity contribution in [3.63, 3.8) is 0 Å². The summed E-state index contributed by atoms with van der Waals surface area (Å²) >= 11 is 6.02. The first-order valence-corrected chi connectivity index (χ1v) is 6.43. The largest absolute Gasteiger partial charge is 0.487 e. The van der Waals surface area contributed by atoms with Crippen LogP contribution in [0.2, 0.25) is 5.02 Å². The quantitative estimate of drug-likeness (QED) is 0.678. The number of ether oxygens (including phenoxy) is 1. The van der Waals surface area contributed by atoms with E-state index in [4.69, 9.17) is 22.1 Å². The molecule has 0 unspecified atom stereocenters. The van der Waals surface area contributed by atoms with Crippen LogP contribution in [0.25, 0.3) is 0 Å². The Morgan fingerprint density at radius 1 is 1.29 bits per heavy atom. The van der Waals surface area contributed by atoms with Gasteiger partial charge in [0.1, 0.15) is 18.2 Å². The molecule has 2 rings (SSSR count). The van der Waals surface area contributed by atoms with Gasteiger partial charge in [-0.15, -0.1) is 0 Å². The molecule has 21 heavy (non-hydrogen) atoms. The molecule has 2 aromatic carbocycles. The second-order valence-corrected chi connectivity index (χ2v) is 4.66. The Labute approximate surface area is 125 Å². The van der Waals surface area contributed by atoms with E-state index in [1.807, 2.05) is 0 Å². The molecule has 7 heteroatoms. The van der Waals surface area contributed by atoms with Gasteiger partial charge in [-0.05, 0) is 18.2 Å². The lowest BCUT2D eigenvalue weighted by atomic mass is 10.1. The van der Waals surface area contributed by atoms with Crippen LogP contribution in [0.4, 0.5) is 10.1 Å². The average molecular weight is 311 g/mol. The highest BCUT2D eigenvalue weighted by Gasteiger charge is 2.16. The van der Waals surface area contributed by atoms with E-state index >= 15 is 0 Å². The number of nitro benzene ring substituents is 1. The lowest BCUT2D eigenvalue weighted by Crippen LogP contribution is -2.05. The topological polar surface area (TPSA) is 78.4 Å². The van der Waals surface area contributed by atoms with Gasteiger partial charge >= 0.3 is 0 Å². The van der Waals surface area contributed by atoms with Crippen molar-refractivity contribution in [2.24, 2.45) is 5.73 Å². The van der Waals surface area contributed by atoms with Crippen molar-refractivity contribution < 1.29 is 14.1 Å². The number of halogens is 2. The lowest BCUT2D eigenvalue weighted by Gasteiger charge is -2.12. The summed E-state index contributed by atoms with van der Waals surface area (Å²) in [5.41, 5.74) is 6.17. The second-order valence-electron chi connectivity index (χ2n) is 4.25. The molecule has 5 nitrogen and oxygen atoms in total. The molecule has 0 saturated heterocycles. The van der Waals surface area contributed by atoms with Gasteiger partial charge in [-0.2, -0.15) is 0 Å². The number of nitro groups is 1. The number of rotatable bonds is 5. The summed E-state index contributed by atoms with van der Waals surface area (Å²) < 4.78 is 18.7. The molecule has 0 atom stereocenters. The Kier molecular flexibility index (Phi) is 4.72. The Bertz CT molecular complexity index is 679. The molecule has 0 bridgehead atoms. The van der Waals surface area contributed by atoms with E-state index in [1.165, 1.54) is 0 Å². The van der Waals surface area contributed by atoms with Crippen LogP contribution in [0.15, 0.2) is 36.4 Å². The molecule has 0 aliphatic heterocycles. The van der Waals surface area contributed by atoms with E-state index in [0.717, 1.165) is 18.2 Å². The highest BCUT2D eigenvalue weighted by molar-refractivity contribution is 6.32. The normalized spacial score (nSPS) is 10.4. The van der Waals surface area contributed by atoms with Crippen molar-refractivity contribution in [3.8, 4) is 5.75 Å². The van der Waals surface area contributed by atoms with Crippen molar-refractivity contribution >= 4 is 17.3 Å². The standard InChI is InChI=1S/C14H12ClFN2O3/c15-12-3-1-2-9(7-17)14(12)21-8-10-6-11(16)4-5-13(10)18(19)20/h1-6H,7-8,17H2. The zero-order chi connectivity index (χ0) is 15.4. The van der Waals surface area contributed by atoms with Gasteiger partial charge in [0.25, 0.3) is 5.69 Å². The van der Waals surface area contributed by atoms with Crippen molar-refractivity contribution in [2.75, 3.05) is 0 Å². The fourth-order valence-corrected chi connectivity index (χ4v) is 2.12. The third kappa shape index (κ3) is 3.48. The average Bonchev–Trinajstić information content (AvgIpc) is 2.45. The maximum atomic E-state index is 13.2. The third-order valence-corrected chi connectivity index (χ3v) is 3.18. The zero-order valence-electron chi connectivity index (χ0n) is 10.9. The number of nitrogens with zero attached hydrogens (tertiary/aromatic N) is 1. The molecule has 2 aromatic rings. The van der Waals surface area contributed by atoms with Crippen molar-refractivity contribution in [2.45, 2.75) is 13.2 Å². The molecule has 0 heterocycles. The minimum absolute atomic E-state index is 0.128. The van der Waals surface area contributed by atoms with Crippen LogP contribution in [0.1, 0.15) is 11.1 Å². The maximum Gasteiger partial charge on any atom is 0.276 e. The Balaban J connectivity index is 2.28. The van der Waals surface area contributed by atoms with E-state index in [-0.39, 0.29) is 24.4 Å². The van der Waals surface area contributed by atoms with E-state index in [1.54, 1.807) is 18.2 Å². The van der Waals surface area contributed by atoms with Gasteiger partial charge in [0.15, 0.2) is 0 Å². The number of nitrogens with two attached hydrogens (primary N) is 1. The Morgan fingerprint density at radius 2 is 2.05 bits per heavy atom. The van der Waals surface area contributed by atoms with E-state index in [2.05, 4.69) is 0 Å². The van der Waals surface area contributed by atoms with Crippen LogP contribution in [0.3, 0.4) is 0 Å². The molecule has 0 saturated carbocycles. The zero-order valence-corrected chi connectivity index (χ0v) is 11.6. The summed E-state index contributed by atoms with van der Waals surface area (Å²) in [5.74, 6) is -0.224. The first kappa shape index (κ1) is 15.2. The summed E-state index contributed by atoms with van der Waals surface area (Å²) in [7, 11) is 0. The maximum absolute atomic E-state index is 13.2. The molecular weight excluding hydrogens is 299 g/mol. The van der Waals surface area contributed by atoms with E-state index in [9.17, 15) is 14.5 Å². The number of hydrogen-bond donors (Lipinski definition) is 1. The number of hydrogen-bond acceptors (Lipinski definition) is 4. The van der Waals surface area contributed by atoms with Gasteiger partial charge in [-0.1, -0.05) is 23.7 Å². The van der Waals surface area contributed by atoms with Crippen LogP contribution in [0, 0.1) is 15.9 Å². The SMILES string of the molecule is NCc1cccc(Cl)c1OCc1cc(F)ccc1[N+](=O)[O-]. The van der Waals surface area contributed by atoms with Gasteiger partial charge in [-0.3, -0.25) is 10.1 Å². The first-order valence-electron chi connectivity index (χ1n) is 6.06. The monoisotopic (exact) mass is 310 g/mol. The Hall–Kier alpha value is -2.18. The van der Waals surface area contributed by atoms with Crippen LogP contribution >= 0.6 is 11.6 Å². The molecule has 0 aromatic heterocycles. The molecule has 0 amide bonds. The van der Waals surface area contributed by atoms with Gasteiger partial charge in [0, 0.05) is 18.2 Å². The van der Waals surface area contributed by atoms with Crippen molar-refractivity contribution in [1.82, 2.24) is 0 Å². The highest BCUT2D eigenvalue weighted by atomic mass is 35.5. The van der Waals surface area contributed by atoms with Crippen LogP contribution in [-0.2, 0) is 13.2 Å². The lowest BCUT2D eigenvalue weighted by molar-refractivity contribution is -0.385. The summed E-state index contributed by atoms with van der Waals surface area (Å²) in [6, 6.07) is 8.28. The summed E-state index contributed by atoms with van der Waals surface area (Å²) in [4.78, 5) is 10.3. The molecule has 0 aliphatic carbocycles. The molecule has 110 valence electrons. The fraction of sp³-hybridized carbons (Fsp3) is 0.143. The smallest absolute Gasteiger partial charge is 0.276 e. The predicted octanol–water partition coefficient (Wildman–Crippen LogP) is 3.43. The van der Waals surface area contributed by atoms with Gasteiger partial charge in [-0.25, -0.2) is 4.39 Å².